The molecule has 1 aromatic carbocycles. The Kier molecular flexibility index (Phi) is 11.1. The van der Waals surface area contributed by atoms with Gasteiger partial charge in [-0.3, -0.25) is 9.69 Å². The van der Waals surface area contributed by atoms with Gasteiger partial charge < -0.3 is 30.6 Å². The highest BCUT2D eigenvalue weighted by atomic mass is 16.4. The van der Waals surface area contributed by atoms with Gasteiger partial charge in [0, 0.05) is 24.5 Å². The first-order chi connectivity index (χ1) is 16.4. The molecule has 0 unspecified atom stereocenters. The molecule has 5 N–H and O–H groups in total. The van der Waals surface area contributed by atoms with Crippen molar-refractivity contribution in [3.8, 4) is 0 Å². The van der Waals surface area contributed by atoms with Gasteiger partial charge in [0.05, 0.1) is 17.7 Å². The van der Waals surface area contributed by atoms with E-state index in [1.807, 2.05) is 24.3 Å². The monoisotopic (exact) mass is 492 g/mol. The second-order valence-electron chi connectivity index (χ2n) is 7.21. The zero-order valence-electron chi connectivity index (χ0n) is 19.5. The lowest BCUT2D eigenvalue weighted by Gasteiger charge is -2.19. The lowest BCUT2D eigenvalue weighted by Crippen LogP contribution is -2.33. The molecule has 0 atom stereocenters. The maximum absolute atomic E-state index is 12.5. The van der Waals surface area contributed by atoms with E-state index >= 15 is 0 Å². The van der Waals surface area contributed by atoms with Gasteiger partial charge in [0.1, 0.15) is 5.82 Å². The third-order valence-electron chi connectivity index (χ3n) is 4.92. The predicted octanol–water partition coefficient (Wildman–Crippen LogP) is 0.819. The Bertz CT molecular complexity index is 1050. The van der Waals surface area contributed by atoms with Crippen LogP contribution in [0, 0.1) is 0 Å². The molecule has 190 valence electrons. The zero-order chi connectivity index (χ0) is 26.7. The van der Waals surface area contributed by atoms with Crippen LogP contribution >= 0.6 is 0 Å². The van der Waals surface area contributed by atoms with Crippen molar-refractivity contribution in [1.82, 2.24) is 9.88 Å². The van der Waals surface area contributed by atoms with Gasteiger partial charge in [-0.05, 0) is 25.6 Å². The van der Waals surface area contributed by atoms with E-state index in [0.717, 1.165) is 54.0 Å². The number of benzene rings is 1. The minimum absolute atomic E-state index is 0.0433. The van der Waals surface area contributed by atoms with Gasteiger partial charge in [-0.25, -0.2) is 24.2 Å². The highest BCUT2D eigenvalue weighted by Gasteiger charge is 2.24. The number of hydrogen-bond donors (Lipinski definition) is 5. The number of aliphatic carboxylic acids is 4. The van der Waals surface area contributed by atoms with E-state index < -0.39 is 23.9 Å². The molecule has 35 heavy (non-hydrogen) atoms. The second kappa shape index (κ2) is 13.4. The number of carbonyl (C=O) groups excluding carboxylic acids is 1. The number of carboxylic acids is 4. The fourth-order valence-corrected chi connectivity index (χ4v) is 3.15. The molecule has 0 spiro atoms. The molecular formula is C22H28N4O9. The largest absolute Gasteiger partial charge is 0.473 e. The summed E-state index contributed by atoms with van der Waals surface area (Å²) in [5, 5.41) is 33.7. The molecule has 1 aromatic heterocycles. The van der Waals surface area contributed by atoms with Gasteiger partial charge in [-0.15, -0.1) is 0 Å². The Labute approximate surface area is 200 Å². The summed E-state index contributed by atoms with van der Waals surface area (Å²) >= 11 is 0. The summed E-state index contributed by atoms with van der Waals surface area (Å²) in [5.41, 5.74) is 3.02. The van der Waals surface area contributed by atoms with Crippen LogP contribution in [-0.2, 0) is 30.4 Å². The van der Waals surface area contributed by atoms with Gasteiger partial charge in [-0.1, -0.05) is 32.0 Å². The smallest absolute Gasteiger partial charge is 0.414 e. The van der Waals surface area contributed by atoms with Crippen LogP contribution in [0.2, 0.25) is 0 Å². The standard InChI is InChI=1S/C18H24N4O.2C2H2O4/c1-4-22(5-2)12-16(23)20-17-13-8-6-7-9-15(13)19-18-14(17)10-11-21(18)3;2*3-1(4)2(5)6/h6-9H,4-5,10-12H2,1-3H3,(H,19,20,23);2*(H,3,4)(H,5,6). The Morgan fingerprint density at radius 1 is 0.943 bits per heavy atom. The van der Waals surface area contributed by atoms with Crippen molar-refractivity contribution in [1.29, 1.82) is 0 Å². The molecule has 0 saturated carbocycles. The average Bonchev–Trinajstić information content (AvgIpc) is 3.18. The van der Waals surface area contributed by atoms with Crippen molar-refractivity contribution >= 4 is 52.2 Å². The second-order valence-corrected chi connectivity index (χ2v) is 7.21. The molecule has 0 aliphatic carbocycles. The van der Waals surface area contributed by atoms with Gasteiger partial charge in [0.15, 0.2) is 0 Å². The number of amides is 1. The molecule has 0 radical (unpaired) electrons. The topological polar surface area (TPSA) is 198 Å². The van der Waals surface area contributed by atoms with Crippen molar-refractivity contribution in [3.63, 3.8) is 0 Å². The molecule has 2 heterocycles. The number of anilines is 2. The lowest BCUT2D eigenvalue weighted by atomic mass is 10.1. The van der Waals surface area contributed by atoms with Crippen molar-refractivity contribution < 1.29 is 44.4 Å². The number of hydrogen-bond acceptors (Lipinski definition) is 8. The SMILES string of the molecule is CCN(CC)CC(=O)Nc1c2c(nc3ccccc13)N(C)CC2.O=C(O)C(=O)O.O=C(O)C(=O)O. The number of nitrogens with zero attached hydrogens (tertiary/aromatic N) is 3. The van der Waals surface area contributed by atoms with Gasteiger partial charge in [0.2, 0.25) is 5.91 Å². The molecule has 0 bridgehead atoms. The van der Waals surface area contributed by atoms with E-state index in [0.29, 0.717) is 6.54 Å². The van der Waals surface area contributed by atoms with E-state index in [1.165, 1.54) is 0 Å². The number of carboxylic acid groups (broad SMARTS) is 4. The Balaban J connectivity index is 0.000000425. The van der Waals surface area contributed by atoms with Crippen molar-refractivity contribution in [2.45, 2.75) is 20.3 Å². The molecule has 1 aliphatic heterocycles. The van der Waals surface area contributed by atoms with Crippen LogP contribution in [0.3, 0.4) is 0 Å². The first kappa shape index (κ1) is 28.8. The van der Waals surface area contributed by atoms with Crippen LogP contribution in [0.4, 0.5) is 11.5 Å². The summed E-state index contributed by atoms with van der Waals surface area (Å²) in [4.78, 5) is 57.9. The first-order valence-corrected chi connectivity index (χ1v) is 10.5. The van der Waals surface area contributed by atoms with Gasteiger partial charge in [-0.2, -0.15) is 0 Å². The third kappa shape index (κ3) is 8.55. The molecule has 0 saturated heterocycles. The number of pyridine rings is 1. The molecule has 2 aromatic rings. The summed E-state index contributed by atoms with van der Waals surface area (Å²) < 4.78 is 0. The molecule has 13 nitrogen and oxygen atoms in total. The number of fused-ring (bicyclic) bond motifs is 2. The normalized spacial score (nSPS) is 11.5. The molecule has 3 rings (SSSR count). The third-order valence-corrected chi connectivity index (χ3v) is 4.92. The number of nitrogens with one attached hydrogen (secondary N) is 1. The average molecular weight is 492 g/mol. The van der Waals surface area contributed by atoms with Crippen molar-refractivity contribution in [3.05, 3.63) is 29.8 Å². The van der Waals surface area contributed by atoms with Crippen LogP contribution in [0.15, 0.2) is 24.3 Å². The molecule has 1 aliphatic rings. The van der Waals surface area contributed by atoms with Gasteiger partial charge in [0.25, 0.3) is 0 Å². The fourth-order valence-electron chi connectivity index (χ4n) is 3.15. The van der Waals surface area contributed by atoms with Crippen molar-refractivity contribution in [2.24, 2.45) is 0 Å². The highest BCUT2D eigenvalue weighted by molar-refractivity contribution is 6.27. The van der Waals surface area contributed by atoms with E-state index in [4.69, 9.17) is 44.6 Å². The Morgan fingerprint density at radius 2 is 1.46 bits per heavy atom. The van der Waals surface area contributed by atoms with Crippen LogP contribution < -0.4 is 10.2 Å². The first-order valence-electron chi connectivity index (χ1n) is 10.5. The van der Waals surface area contributed by atoms with E-state index in [9.17, 15) is 4.79 Å². The molecular weight excluding hydrogens is 464 g/mol. The van der Waals surface area contributed by atoms with E-state index in [-0.39, 0.29) is 5.91 Å². The van der Waals surface area contributed by atoms with Crippen LogP contribution in [0.25, 0.3) is 10.9 Å². The lowest BCUT2D eigenvalue weighted by molar-refractivity contribution is -0.159. The summed E-state index contributed by atoms with van der Waals surface area (Å²) in [6.45, 7) is 7.27. The zero-order valence-corrected chi connectivity index (χ0v) is 19.5. The van der Waals surface area contributed by atoms with Crippen molar-refractivity contribution in [2.75, 3.05) is 43.4 Å². The van der Waals surface area contributed by atoms with Crippen LogP contribution in [-0.4, -0.2) is 93.3 Å². The number of aromatic nitrogens is 1. The quantitative estimate of drug-likeness (QED) is 0.369. The highest BCUT2D eigenvalue weighted by Crippen LogP contribution is 2.36. The minimum atomic E-state index is -1.82. The molecule has 13 heteroatoms. The minimum Gasteiger partial charge on any atom is -0.473 e. The summed E-state index contributed by atoms with van der Waals surface area (Å²) in [5.74, 6) is -6.27. The van der Waals surface area contributed by atoms with Crippen LogP contribution in [0.1, 0.15) is 19.4 Å². The number of rotatable bonds is 5. The maximum atomic E-state index is 12.5. The van der Waals surface area contributed by atoms with E-state index in [1.54, 1.807) is 0 Å². The predicted molar refractivity (Wildman–Crippen MR) is 126 cm³/mol. The summed E-state index contributed by atoms with van der Waals surface area (Å²) in [6, 6.07) is 8.02. The summed E-state index contributed by atoms with van der Waals surface area (Å²) in [7, 11) is 2.05. The van der Waals surface area contributed by atoms with Crippen LogP contribution in [0.5, 0.6) is 0 Å². The summed E-state index contributed by atoms with van der Waals surface area (Å²) in [6.07, 6.45) is 0.921. The Hall–Kier alpha value is -4.26. The molecule has 0 fully saturated rings. The number of para-hydroxylation sites is 1. The Morgan fingerprint density at radius 3 is 1.94 bits per heavy atom. The number of likely N-dealkylation sites (N-methyl/N-ethyl adjacent to an activating group) is 2. The number of carbonyl (C=O) groups is 5. The molecule has 1 amide bonds. The maximum Gasteiger partial charge on any atom is 0.414 e. The van der Waals surface area contributed by atoms with E-state index in [2.05, 4.69) is 36.0 Å². The fraction of sp³-hybridized carbons (Fsp3) is 0.364. The van der Waals surface area contributed by atoms with Gasteiger partial charge >= 0.3 is 23.9 Å².